The molecule has 1 unspecified atom stereocenters. The maximum Gasteiger partial charge on any atom is 0.244 e. The molecule has 0 bridgehead atoms. The van der Waals surface area contributed by atoms with Crippen molar-refractivity contribution in [2.75, 3.05) is 6.26 Å². The molecule has 1 aliphatic rings. The molecule has 0 aliphatic carbocycles. The highest BCUT2D eigenvalue weighted by atomic mass is 32.2. The molecule has 1 heterocycles. The number of imide groups is 1. The van der Waals surface area contributed by atoms with Gasteiger partial charge in [0.1, 0.15) is 0 Å². The number of carbonyl (C=O) groups excluding carboxylic acids is 2. The Bertz CT molecular complexity index is 607. The summed E-state index contributed by atoms with van der Waals surface area (Å²) in [6.45, 7) is 0.398. The summed E-state index contributed by atoms with van der Waals surface area (Å²) in [7, 11) is -3.20. The van der Waals surface area contributed by atoms with Crippen LogP contribution < -0.4 is 10.6 Å². The van der Waals surface area contributed by atoms with Gasteiger partial charge in [0, 0.05) is 12.8 Å². The number of hydrogen-bond donors (Lipinski definition) is 2. The topological polar surface area (TPSA) is 92.3 Å². The molecule has 6 nitrogen and oxygen atoms in total. The fraction of sp³-hybridized carbons (Fsp3) is 0.333. The molecule has 1 saturated heterocycles. The summed E-state index contributed by atoms with van der Waals surface area (Å²) in [6.07, 6.45) is 1.29. The summed E-state index contributed by atoms with van der Waals surface area (Å²) >= 11 is 0. The van der Waals surface area contributed by atoms with Crippen LogP contribution in [0.15, 0.2) is 29.2 Å². The lowest BCUT2D eigenvalue weighted by Gasteiger charge is -2.09. The first-order valence-corrected chi connectivity index (χ1v) is 7.61. The van der Waals surface area contributed by atoms with E-state index >= 15 is 0 Å². The number of rotatable bonds is 4. The predicted octanol–water partition coefficient (Wildman–Crippen LogP) is -0.405. The summed E-state index contributed by atoms with van der Waals surface area (Å²) in [5.74, 6) is -0.604. The normalized spacial score (nSPS) is 19.5. The van der Waals surface area contributed by atoms with E-state index in [2.05, 4.69) is 10.6 Å². The molecule has 19 heavy (non-hydrogen) atoms. The fourth-order valence-corrected chi connectivity index (χ4v) is 2.44. The monoisotopic (exact) mass is 282 g/mol. The predicted molar refractivity (Wildman–Crippen MR) is 67.9 cm³/mol. The maximum absolute atomic E-state index is 11.3. The first-order valence-electron chi connectivity index (χ1n) is 5.72. The van der Waals surface area contributed by atoms with Gasteiger partial charge in [-0.05, 0) is 17.7 Å². The molecule has 1 aromatic rings. The van der Waals surface area contributed by atoms with Crippen molar-refractivity contribution in [3.8, 4) is 0 Å². The molecular weight excluding hydrogens is 268 g/mol. The highest BCUT2D eigenvalue weighted by molar-refractivity contribution is 7.90. The van der Waals surface area contributed by atoms with E-state index in [0.29, 0.717) is 6.54 Å². The first-order chi connectivity index (χ1) is 8.86. The van der Waals surface area contributed by atoms with Gasteiger partial charge in [0.25, 0.3) is 0 Å². The summed E-state index contributed by atoms with van der Waals surface area (Å²) in [5.41, 5.74) is 0.847. The number of hydrogen-bond acceptors (Lipinski definition) is 5. The van der Waals surface area contributed by atoms with Gasteiger partial charge in [-0.15, -0.1) is 0 Å². The van der Waals surface area contributed by atoms with Gasteiger partial charge in [0.2, 0.25) is 11.8 Å². The number of amides is 2. The smallest absolute Gasteiger partial charge is 0.244 e. The average Bonchev–Trinajstić information content (AvgIpc) is 2.65. The van der Waals surface area contributed by atoms with Crippen LogP contribution in [-0.2, 0) is 26.0 Å². The van der Waals surface area contributed by atoms with E-state index in [-0.39, 0.29) is 23.1 Å². The molecule has 1 fully saturated rings. The standard InChI is InChI=1S/C12H14N2O4S/c1-19(17,18)9-4-2-8(3-5-9)7-13-10-6-11(15)14-12(10)16/h2-5,10,13H,6-7H2,1H3,(H,14,15,16). The Hall–Kier alpha value is -1.73. The molecule has 2 N–H and O–H groups in total. The van der Waals surface area contributed by atoms with Crippen molar-refractivity contribution in [3.05, 3.63) is 29.8 Å². The average molecular weight is 282 g/mol. The van der Waals surface area contributed by atoms with E-state index in [4.69, 9.17) is 0 Å². The molecular formula is C12H14N2O4S. The second kappa shape index (κ2) is 5.10. The second-order valence-electron chi connectivity index (χ2n) is 4.47. The first kappa shape index (κ1) is 13.7. The minimum atomic E-state index is -3.20. The van der Waals surface area contributed by atoms with Crippen molar-refractivity contribution in [2.24, 2.45) is 0 Å². The van der Waals surface area contributed by atoms with Crippen LogP contribution in [0.3, 0.4) is 0 Å². The van der Waals surface area contributed by atoms with Crippen molar-refractivity contribution in [1.29, 1.82) is 0 Å². The van der Waals surface area contributed by atoms with Crippen molar-refractivity contribution >= 4 is 21.7 Å². The third kappa shape index (κ3) is 3.39. The van der Waals surface area contributed by atoms with E-state index in [1.165, 1.54) is 12.1 Å². The van der Waals surface area contributed by atoms with Crippen molar-refractivity contribution in [2.45, 2.75) is 23.9 Å². The van der Waals surface area contributed by atoms with Crippen LogP contribution in [0.1, 0.15) is 12.0 Å². The molecule has 1 atom stereocenters. The molecule has 7 heteroatoms. The fourth-order valence-electron chi connectivity index (χ4n) is 1.81. The van der Waals surface area contributed by atoms with Crippen LogP contribution in [0.2, 0.25) is 0 Å². The van der Waals surface area contributed by atoms with Gasteiger partial charge in [-0.1, -0.05) is 12.1 Å². The SMILES string of the molecule is CS(=O)(=O)c1ccc(CNC2CC(=O)NC2=O)cc1. The van der Waals surface area contributed by atoms with E-state index in [1.807, 2.05) is 0 Å². The Labute approximate surface area is 111 Å². The zero-order valence-corrected chi connectivity index (χ0v) is 11.2. The lowest BCUT2D eigenvalue weighted by atomic mass is 10.2. The van der Waals surface area contributed by atoms with Crippen LogP contribution in [-0.4, -0.2) is 32.5 Å². The van der Waals surface area contributed by atoms with Gasteiger partial charge in [-0.25, -0.2) is 8.42 Å². The van der Waals surface area contributed by atoms with E-state index in [9.17, 15) is 18.0 Å². The van der Waals surface area contributed by atoms with E-state index < -0.39 is 15.9 Å². The Morgan fingerprint density at radius 3 is 2.37 bits per heavy atom. The molecule has 1 aliphatic heterocycles. The lowest BCUT2D eigenvalue weighted by molar-refractivity contribution is -0.125. The molecule has 0 radical (unpaired) electrons. The third-order valence-electron chi connectivity index (χ3n) is 2.87. The highest BCUT2D eigenvalue weighted by Gasteiger charge is 2.29. The summed E-state index contributed by atoms with van der Waals surface area (Å²) in [5, 5.41) is 5.17. The third-order valence-corrected chi connectivity index (χ3v) is 4.00. The molecule has 0 saturated carbocycles. The van der Waals surface area contributed by atoms with Crippen LogP contribution in [0, 0.1) is 0 Å². The van der Waals surface area contributed by atoms with Gasteiger partial charge < -0.3 is 5.32 Å². The van der Waals surface area contributed by atoms with Crippen LogP contribution in [0.5, 0.6) is 0 Å². The van der Waals surface area contributed by atoms with Crippen LogP contribution >= 0.6 is 0 Å². The van der Waals surface area contributed by atoms with Crippen LogP contribution in [0.25, 0.3) is 0 Å². The molecule has 102 valence electrons. The van der Waals surface area contributed by atoms with Crippen molar-refractivity contribution < 1.29 is 18.0 Å². The highest BCUT2D eigenvalue weighted by Crippen LogP contribution is 2.11. The lowest BCUT2D eigenvalue weighted by Crippen LogP contribution is -2.35. The van der Waals surface area contributed by atoms with Crippen molar-refractivity contribution in [1.82, 2.24) is 10.6 Å². The Morgan fingerprint density at radius 1 is 1.26 bits per heavy atom. The molecule has 1 aromatic carbocycles. The van der Waals surface area contributed by atoms with E-state index in [0.717, 1.165) is 11.8 Å². The summed E-state index contributed by atoms with van der Waals surface area (Å²) in [4.78, 5) is 22.6. The molecule has 0 spiro atoms. The Morgan fingerprint density at radius 2 is 1.89 bits per heavy atom. The molecule has 2 rings (SSSR count). The Balaban J connectivity index is 1.97. The minimum absolute atomic E-state index is 0.139. The number of benzene rings is 1. The van der Waals surface area contributed by atoms with Gasteiger partial charge in [-0.2, -0.15) is 0 Å². The van der Waals surface area contributed by atoms with Gasteiger partial charge >= 0.3 is 0 Å². The maximum atomic E-state index is 11.3. The second-order valence-corrected chi connectivity index (χ2v) is 6.48. The summed E-state index contributed by atoms with van der Waals surface area (Å²) in [6, 6.07) is 5.89. The summed E-state index contributed by atoms with van der Waals surface area (Å²) < 4.78 is 22.6. The van der Waals surface area contributed by atoms with Crippen molar-refractivity contribution in [3.63, 3.8) is 0 Å². The molecule has 0 aromatic heterocycles. The van der Waals surface area contributed by atoms with E-state index in [1.54, 1.807) is 12.1 Å². The zero-order chi connectivity index (χ0) is 14.0. The largest absolute Gasteiger partial charge is 0.301 e. The molecule has 2 amide bonds. The Kier molecular flexibility index (Phi) is 3.68. The quantitative estimate of drug-likeness (QED) is 0.733. The number of nitrogens with one attached hydrogen (secondary N) is 2. The number of carbonyl (C=O) groups is 2. The van der Waals surface area contributed by atoms with Crippen LogP contribution in [0.4, 0.5) is 0 Å². The van der Waals surface area contributed by atoms with Gasteiger partial charge in [0.05, 0.1) is 17.4 Å². The zero-order valence-electron chi connectivity index (χ0n) is 10.3. The van der Waals surface area contributed by atoms with Gasteiger partial charge in [0.15, 0.2) is 9.84 Å². The van der Waals surface area contributed by atoms with Gasteiger partial charge in [-0.3, -0.25) is 14.9 Å². The number of sulfone groups is 1. The minimum Gasteiger partial charge on any atom is -0.301 e.